The molecule has 0 saturated heterocycles. The molecule has 3 aromatic rings. The maximum Gasteiger partial charge on any atom is 0.376 e. The fourth-order valence-electron chi connectivity index (χ4n) is 3.41. The van der Waals surface area contributed by atoms with E-state index in [1.807, 2.05) is 18.2 Å². The van der Waals surface area contributed by atoms with Crippen LogP contribution in [0.1, 0.15) is 30.0 Å². The van der Waals surface area contributed by atoms with Crippen molar-refractivity contribution in [2.45, 2.75) is 25.3 Å². The summed E-state index contributed by atoms with van der Waals surface area (Å²) in [6.07, 6.45) is 4.29. The van der Waals surface area contributed by atoms with Crippen LogP contribution in [0, 0.1) is 10.1 Å². The number of anilines is 1. The van der Waals surface area contributed by atoms with Crippen molar-refractivity contribution in [3.8, 4) is 0 Å². The van der Waals surface area contributed by atoms with Crippen LogP contribution < -0.4 is 10.9 Å². The Hall–Kier alpha value is -3.22. The van der Waals surface area contributed by atoms with Gasteiger partial charge in [0.25, 0.3) is 0 Å². The third-order valence-electron chi connectivity index (χ3n) is 4.57. The quantitative estimate of drug-likeness (QED) is 0.586. The van der Waals surface area contributed by atoms with Crippen LogP contribution in [-0.2, 0) is 6.42 Å². The molecule has 1 aromatic carbocycles. The summed E-state index contributed by atoms with van der Waals surface area (Å²) < 4.78 is 1.19. The van der Waals surface area contributed by atoms with Gasteiger partial charge in [-0.15, -0.1) is 0 Å². The van der Waals surface area contributed by atoms with Gasteiger partial charge in [0, 0.05) is 6.20 Å². The van der Waals surface area contributed by atoms with E-state index in [1.165, 1.54) is 16.2 Å². The molecule has 0 saturated carbocycles. The van der Waals surface area contributed by atoms with Crippen LogP contribution in [0.2, 0.25) is 0 Å². The normalized spacial score (nSPS) is 16.4. The molecule has 0 spiro atoms. The van der Waals surface area contributed by atoms with Crippen molar-refractivity contribution in [2.75, 3.05) is 5.32 Å². The number of aryl methyl sites for hydroxylation is 1. The van der Waals surface area contributed by atoms with Crippen molar-refractivity contribution in [1.82, 2.24) is 9.38 Å². The Morgan fingerprint density at radius 2 is 2.00 bits per heavy atom. The molecule has 2 aromatic heterocycles. The molecule has 0 radical (unpaired) electrons. The third kappa shape index (κ3) is 2.63. The first-order valence-electron chi connectivity index (χ1n) is 8.15. The zero-order chi connectivity index (χ0) is 17.4. The fraction of sp³-hybridized carbons (Fsp3) is 0.222. The molecular weight excluding hydrogens is 320 g/mol. The lowest BCUT2D eigenvalue weighted by molar-refractivity contribution is -0.385. The second-order valence-corrected chi connectivity index (χ2v) is 6.09. The first kappa shape index (κ1) is 15.3. The molecule has 126 valence electrons. The Morgan fingerprint density at radius 3 is 2.84 bits per heavy atom. The standard InChI is InChI=1S/C18H16N4O3/c23-18-16(22(24)25)17(20-15-10-3-4-11-21(15)18)19-14-9-5-7-12-6-1-2-8-13(12)14/h1-4,6,8,10-11,14,19H,5,7,9H2/t14-/m1/s1. The summed E-state index contributed by atoms with van der Waals surface area (Å²) in [6, 6.07) is 13.0. The Labute approximate surface area is 143 Å². The van der Waals surface area contributed by atoms with Crippen molar-refractivity contribution in [1.29, 1.82) is 0 Å². The van der Waals surface area contributed by atoms with Crippen LogP contribution in [0.25, 0.3) is 5.65 Å². The van der Waals surface area contributed by atoms with E-state index in [-0.39, 0.29) is 11.9 Å². The average molecular weight is 336 g/mol. The van der Waals surface area contributed by atoms with Gasteiger partial charge in [0.05, 0.1) is 11.0 Å². The van der Waals surface area contributed by atoms with E-state index in [1.54, 1.807) is 18.2 Å². The Balaban J connectivity index is 1.84. The molecule has 1 aliphatic carbocycles. The van der Waals surface area contributed by atoms with Crippen LogP contribution in [0.5, 0.6) is 0 Å². The second-order valence-electron chi connectivity index (χ2n) is 6.09. The van der Waals surface area contributed by atoms with Gasteiger partial charge in [-0.25, -0.2) is 4.98 Å². The SMILES string of the molecule is O=c1c([N+](=O)[O-])c(N[C@@H]2CCCc3ccccc32)nc2ccccn12. The minimum absolute atomic E-state index is 0.0305. The van der Waals surface area contributed by atoms with Crippen LogP contribution >= 0.6 is 0 Å². The van der Waals surface area contributed by atoms with Crippen LogP contribution in [0.15, 0.2) is 53.5 Å². The molecule has 1 N–H and O–H groups in total. The van der Waals surface area contributed by atoms with Gasteiger partial charge in [-0.1, -0.05) is 30.3 Å². The number of aromatic nitrogens is 2. The molecule has 0 unspecified atom stereocenters. The molecule has 0 amide bonds. The summed E-state index contributed by atoms with van der Waals surface area (Å²) >= 11 is 0. The minimum Gasteiger partial charge on any atom is -0.357 e. The third-order valence-corrected chi connectivity index (χ3v) is 4.57. The molecule has 7 heteroatoms. The topological polar surface area (TPSA) is 89.5 Å². The summed E-state index contributed by atoms with van der Waals surface area (Å²) in [5, 5.41) is 14.6. The van der Waals surface area contributed by atoms with Gasteiger partial charge in [0.2, 0.25) is 5.82 Å². The molecule has 2 heterocycles. The molecule has 0 fully saturated rings. The second kappa shape index (κ2) is 6.01. The minimum atomic E-state index is -0.679. The number of benzene rings is 1. The molecule has 1 atom stereocenters. The number of nitro groups is 1. The summed E-state index contributed by atoms with van der Waals surface area (Å²) in [6.45, 7) is 0. The van der Waals surface area contributed by atoms with Crippen LogP contribution in [-0.4, -0.2) is 14.3 Å². The number of nitrogens with zero attached hydrogens (tertiary/aromatic N) is 3. The number of hydrogen-bond donors (Lipinski definition) is 1. The van der Waals surface area contributed by atoms with Gasteiger partial charge in [0.1, 0.15) is 5.65 Å². The highest BCUT2D eigenvalue weighted by atomic mass is 16.6. The summed E-state index contributed by atoms with van der Waals surface area (Å²) in [5.41, 5.74) is 1.52. The molecule has 25 heavy (non-hydrogen) atoms. The van der Waals surface area contributed by atoms with E-state index < -0.39 is 16.2 Å². The Morgan fingerprint density at radius 1 is 1.20 bits per heavy atom. The predicted molar refractivity (Wildman–Crippen MR) is 93.9 cm³/mol. The van der Waals surface area contributed by atoms with Crippen molar-refractivity contribution in [2.24, 2.45) is 0 Å². The highest BCUT2D eigenvalue weighted by Gasteiger charge is 2.27. The van der Waals surface area contributed by atoms with Crippen molar-refractivity contribution in [3.63, 3.8) is 0 Å². The van der Waals surface area contributed by atoms with Crippen LogP contribution in [0.4, 0.5) is 11.5 Å². The lowest BCUT2D eigenvalue weighted by Crippen LogP contribution is -2.24. The smallest absolute Gasteiger partial charge is 0.357 e. The number of rotatable bonds is 3. The van der Waals surface area contributed by atoms with Crippen molar-refractivity contribution in [3.05, 3.63) is 80.3 Å². The fourth-order valence-corrected chi connectivity index (χ4v) is 3.41. The first-order valence-corrected chi connectivity index (χ1v) is 8.15. The predicted octanol–water partition coefficient (Wildman–Crippen LogP) is 3.09. The lowest BCUT2D eigenvalue weighted by Gasteiger charge is -2.26. The van der Waals surface area contributed by atoms with Crippen molar-refractivity contribution < 1.29 is 4.92 Å². The molecule has 0 aliphatic heterocycles. The Kier molecular flexibility index (Phi) is 3.68. The number of pyridine rings is 1. The van der Waals surface area contributed by atoms with Gasteiger partial charge in [0.15, 0.2) is 0 Å². The molecule has 0 bridgehead atoms. The Bertz CT molecular complexity index is 1030. The zero-order valence-corrected chi connectivity index (χ0v) is 13.4. The van der Waals surface area contributed by atoms with Gasteiger partial charge >= 0.3 is 11.2 Å². The average Bonchev–Trinajstić information content (AvgIpc) is 2.62. The molecule has 7 nitrogen and oxygen atoms in total. The summed E-state index contributed by atoms with van der Waals surface area (Å²) in [7, 11) is 0. The van der Waals surface area contributed by atoms with E-state index in [0.717, 1.165) is 24.8 Å². The van der Waals surface area contributed by atoms with E-state index in [9.17, 15) is 14.9 Å². The molecule has 4 rings (SSSR count). The largest absolute Gasteiger partial charge is 0.376 e. The highest BCUT2D eigenvalue weighted by Crippen LogP contribution is 2.33. The zero-order valence-electron chi connectivity index (χ0n) is 13.4. The van der Waals surface area contributed by atoms with E-state index in [4.69, 9.17) is 0 Å². The summed E-state index contributed by atoms with van der Waals surface area (Å²) in [5.74, 6) is 0.0305. The van der Waals surface area contributed by atoms with E-state index >= 15 is 0 Å². The molecule has 1 aliphatic rings. The maximum atomic E-state index is 12.5. The van der Waals surface area contributed by atoms with E-state index in [0.29, 0.717) is 5.65 Å². The maximum absolute atomic E-state index is 12.5. The van der Waals surface area contributed by atoms with Crippen molar-refractivity contribution >= 4 is 17.2 Å². The van der Waals surface area contributed by atoms with Gasteiger partial charge < -0.3 is 5.32 Å². The highest BCUT2D eigenvalue weighted by molar-refractivity contribution is 5.61. The summed E-state index contributed by atoms with van der Waals surface area (Å²) in [4.78, 5) is 27.7. The first-order chi connectivity index (χ1) is 12.1. The van der Waals surface area contributed by atoms with Gasteiger partial charge in [-0.05, 0) is 42.5 Å². The van der Waals surface area contributed by atoms with Gasteiger partial charge in [-0.2, -0.15) is 0 Å². The number of nitrogens with one attached hydrogen (secondary N) is 1. The lowest BCUT2D eigenvalue weighted by atomic mass is 9.88. The number of hydrogen-bond acceptors (Lipinski definition) is 5. The van der Waals surface area contributed by atoms with Gasteiger partial charge in [-0.3, -0.25) is 19.3 Å². The molecular formula is C18H16N4O3. The van der Waals surface area contributed by atoms with Crippen LogP contribution in [0.3, 0.4) is 0 Å². The monoisotopic (exact) mass is 336 g/mol. The van der Waals surface area contributed by atoms with E-state index in [2.05, 4.69) is 16.4 Å². The number of fused-ring (bicyclic) bond motifs is 2.